The Bertz CT molecular complexity index is 2030. The molecule has 2 N–H and O–H groups in total. The molecule has 256 valence electrons. The lowest BCUT2D eigenvalue weighted by Gasteiger charge is -2.37. The summed E-state index contributed by atoms with van der Waals surface area (Å²) in [6.45, 7) is 9.92. The number of fused-ring (bicyclic) bond motifs is 2. The number of aromatic nitrogens is 6. The van der Waals surface area contributed by atoms with Gasteiger partial charge in [-0.05, 0) is 111 Å². The number of aryl methyl sites for hydroxylation is 1. The number of benzene rings is 3. The number of hydrogen-bond acceptors (Lipinski definition) is 10. The van der Waals surface area contributed by atoms with Gasteiger partial charge in [-0.3, -0.25) is 9.36 Å². The third-order valence-corrected chi connectivity index (χ3v) is 12.5. The summed E-state index contributed by atoms with van der Waals surface area (Å²) in [5.74, 6) is -0.128. The zero-order valence-corrected chi connectivity index (χ0v) is 30.1. The van der Waals surface area contributed by atoms with Crippen LogP contribution in [-0.4, -0.2) is 61.5 Å². The summed E-state index contributed by atoms with van der Waals surface area (Å²) in [4.78, 5) is 14.3. The number of carbonyl (C=O) groups excluding carboxylic acids is 1. The number of thioether (sulfide) groups is 2. The predicted molar refractivity (Wildman–Crippen MR) is 192 cm³/mol. The molecule has 7 rings (SSSR count). The average Bonchev–Trinajstić information content (AvgIpc) is 3.68. The van der Waals surface area contributed by atoms with E-state index in [0.29, 0.717) is 23.2 Å². The topological polar surface area (TPSA) is 128 Å². The first-order chi connectivity index (χ1) is 23.5. The lowest BCUT2D eigenvalue weighted by atomic mass is 9.84. The molecule has 10 nitrogen and oxygen atoms in total. The molecule has 5 aromatic rings. The zero-order valence-electron chi connectivity index (χ0n) is 28.5. The minimum Gasteiger partial charge on any atom is -0.390 e. The Morgan fingerprint density at radius 1 is 0.898 bits per heavy atom. The molecule has 0 unspecified atom stereocenters. The predicted octanol–water partition coefficient (Wildman–Crippen LogP) is 7.11. The smallest absolute Gasteiger partial charge is 0.330 e. The molecule has 0 spiro atoms. The van der Waals surface area contributed by atoms with Crippen molar-refractivity contribution in [1.82, 2.24) is 29.5 Å². The maximum Gasteiger partial charge on any atom is 0.330 e. The number of nitrogens with zero attached hydrogens (tertiary/aromatic N) is 6. The fraction of sp³-hybridized carbons (Fsp3) is 0.432. The van der Waals surface area contributed by atoms with E-state index in [1.165, 1.54) is 40.4 Å². The third kappa shape index (κ3) is 6.17. The molecular weight excluding hydrogens is 657 g/mol. The SMILES string of the molecule is Cc1ccc(-n2cnnc2SC2(C(=O)Oc3nnc(SC(C)(C)C(O)O)n3-c3ccc(C(C)C)c4ccccc34)CCC2)c2c1CCCC2. The Kier molecular flexibility index (Phi) is 9.10. The molecule has 3 aromatic carbocycles. The van der Waals surface area contributed by atoms with E-state index in [4.69, 9.17) is 4.74 Å². The molecule has 2 aliphatic rings. The van der Waals surface area contributed by atoms with Crippen LogP contribution in [0.4, 0.5) is 0 Å². The molecular formula is C37H42N6O4S2. The Labute approximate surface area is 294 Å². The van der Waals surface area contributed by atoms with Crippen molar-refractivity contribution in [3.8, 4) is 17.4 Å². The van der Waals surface area contributed by atoms with Gasteiger partial charge < -0.3 is 14.9 Å². The number of aliphatic hydroxyl groups excluding tert-OH is 1. The molecule has 1 fully saturated rings. The van der Waals surface area contributed by atoms with E-state index in [9.17, 15) is 15.0 Å². The standard InChI is InChI=1S/C37H42N6O4S2/c1-22(2)24-16-18-30(28-14-9-7-12-26(24)28)43-33(39-41-35(43)48-36(4,5)31(44)45)47-32(46)37(19-10-20-37)49-34-40-38-21-42(34)29-17-15-23(3)25-11-6-8-13-27(25)29/h7,9,12,14-18,21-22,31,44-45H,6,8,10-11,13,19-20H2,1-5H3. The zero-order chi connectivity index (χ0) is 34.5. The van der Waals surface area contributed by atoms with E-state index in [-0.39, 0.29) is 11.9 Å². The van der Waals surface area contributed by atoms with Gasteiger partial charge in [-0.1, -0.05) is 78.9 Å². The summed E-state index contributed by atoms with van der Waals surface area (Å²) in [7, 11) is 0. The van der Waals surface area contributed by atoms with E-state index in [1.54, 1.807) is 24.7 Å². The summed E-state index contributed by atoms with van der Waals surface area (Å²) in [5, 5.41) is 40.9. The molecule has 12 heteroatoms. The van der Waals surface area contributed by atoms with Gasteiger partial charge in [-0.2, -0.15) is 0 Å². The highest BCUT2D eigenvalue weighted by Crippen LogP contribution is 2.49. The summed E-state index contributed by atoms with van der Waals surface area (Å²) >= 11 is 2.56. The molecule has 49 heavy (non-hydrogen) atoms. The normalized spacial score (nSPS) is 15.9. The number of hydrogen-bond donors (Lipinski definition) is 2. The second-order valence-corrected chi connectivity index (χ2v) is 16.9. The van der Waals surface area contributed by atoms with Gasteiger partial charge in [0.25, 0.3) is 0 Å². The van der Waals surface area contributed by atoms with Crippen molar-refractivity contribution in [1.29, 1.82) is 0 Å². The maximum absolute atomic E-state index is 14.3. The van der Waals surface area contributed by atoms with Crippen LogP contribution in [0.25, 0.3) is 22.1 Å². The van der Waals surface area contributed by atoms with Gasteiger partial charge >= 0.3 is 12.0 Å². The molecule has 0 amide bonds. The number of carbonyl (C=O) groups is 1. The molecule has 0 radical (unpaired) electrons. The second-order valence-electron chi connectivity index (χ2n) is 13.9. The van der Waals surface area contributed by atoms with Crippen LogP contribution >= 0.6 is 23.5 Å². The van der Waals surface area contributed by atoms with Gasteiger partial charge in [0.2, 0.25) is 0 Å². The molecule has 2 heterocycles. The van der Waals surface area contributed by atoms with Crippen molar-refractivity contribution in [2.24, 2.45) is 0 Å². The van der Waals surface area contributed by atoms with Crippen molar-refractivity contribution in [2.75, 3.05) is 0 Å². The fourth-order valence-electron chi connectivity index (χ4n) is 6.80. The summed E-state index contributed by atoms with van der Waals surface area (Å²) in [6.07, 6.45) is 6.67. The van der Waals surface area contributed by atoms with E-state index < -0.39 is 21.8 Å². The van der Waals surface area contributed by atoms with Gasteiger partial charge in [-0.25, -0.2) is 4.57 Å². The van der Waals surface area contributed by atoms with E-state index in [2.05, 4.69) is 65.4 Å². The quantitative estimate of drug-likeness (QED) is 0.0885. The molecule has 2 aliphatic carbocycles. The number of ether oxygens (including phenoxy) is 1. The van der Waals surface area contributed by atoms with Crippen LogP contribution in [0, 0.1) is 6.92 Å². The van der Waals surface area contributed by atoms with Crippen LogP contribution in [0.3, 0.4) is 0 Å². The third-order valence-electron chi connectivity index (χ3n) is 9.90. The largest absolute Gasteiger partial charge is 0.390 e. The number of rotatable bonds is 10. The van der Waals surface area contributed by atoms with Crippen LogP contribution in [0.1, 0.15) is 88.0 Å². The Hall–Kier alpha value is -3.71. The lowest BCUT2D eigenvalue weighted by Crippen LogP contribution is -2.45. The van der Waals surface area contributed by atoms with Crippen molar-refractivity contribution in [3.05, 3.63) is 77.1 Å². The highest BCUT2D eigenvalue weighted by atomic mass is 32.2. The van der Waals surface area contributed by atoms with Crippen LogP contribution in [0.5, 0.6) is 6.01 Å². The van der Waals surface area contributed by atoms with Gasteiger partial charge in [0.15, 0.2) is 16.6 Å². The summed E-state index contributed by atoms with van der Waals surface area (Å²) in [6, 6.07) is 16.5. The summed E-state index contributed by atoms with van der Waals surface area (Å²) in [5.41, 5.74) is 7.05. The van der Waals surface area contributed by atoms with Crippen molar-refractivity contribution >= 4 is 40.3 Å². The highest BCUT2D eigenvalue weighted by Gasteiger charge is 2.49. The molecule has 1 saturated carbocycles. The minimum atomic E-state index is -1.63. The molecule has 0 saturated heterocycles. The molecule has 0 bridgehead atoms. The second kappa shape index (κ2) is 13.2. The molecule has 2 aromatic heterocycles. The van der Waals surface area contributed by atoms with Crippen molar-refractivity contribution < 1.29 is 19.7 Å². The number of aliphatic hydroxyl groups is 2. The van der Waals surface area contributed by atoms with Gasteiger partial charge in [0, 0.05) is 5.39 Å². The Morgan fingerprint density at radius 3 is 2.31 bits per heavy atom. The molecule has 0 aliphatic heterocycles. The van der Waals surface area contributed by atoms with Crippen LogP contribution in [-0.2, 0) is 17.6 Å². The van der Waals surface area contributed by atoms with Gasteiger partial charge in [0.05, 0.1) is 16.1 Å². The monoisotopic (exact) mass is 698 g/mol. The first-order valence-corrected chi connectivity index (χ1v) is 18.6. The maximum atomic E-state index is 14.3. The van der Waals surface area contributed by atoms with Crippen LogP contribution in [0.15, 0.2) is 65.2 Å². The van der Waals surface area contributed by atoms with E-state index in [1.807, 2.05) is 28.8 Å². The van der Waals surface area contributed by atoms with Gasteiger partial charge in [0.1, 0.15) is 11.1 Å². The first kappa shape index (κ1) is 33.8. The van der Waals surface area contributed by atoms with Crippen molar-refractivity contribution in [2.45, 2.75) is 112 Å². The van der Waals surface area contributed by atoms with Crippen LogP contribution in [0.2, 0.25) is 0 Å². The highest BCUT2D eigenvalue weighted by molar-refractivity contribution is 8.01. The van der Waals surface area contributed by atoms with Gasteiger partial charge in [-0.15, -0.1) is 15.3 Å². The fourth-order valence-corrected chi connectivity index (χ4v) is 9.02. The lowest BCUT2D eigenvalue weighted by molar-refractivity contribution is -0.140. The van der Waals surface area contributed by atoms with Crippen molar-refractivity contribution in [3.63, 3.8) is 0 Å². The summed E-state index contributed by atoms with van der Waals surface area (Å²) < 4.78 is 8.07. The Morgan fingerprint density at radius 2 is 1.61 bits per heavy atom. The van der Waals surface area contributed by atoms with E-state index in [0.717, 1.165) is 59.6 Å². The first-order valence-electron chi connectivity index (χ1n) is 16.9. The molecule has 0 atom stereocenters. The Balaban J connectivity index is 1.26. The average molecular weight is 699 g/mol. The van der Waals surface area contributed by atoms with E-state index >= 15 is 0 Å². The number of esters is 1. The van der Waals surface area contributed by atoms with Crippen LogP contribution < -0.4 is 4.74 Å². The minimum absolute atomic E-state index is 0.0270.